The van der Waals surface area contributed by atoms with Crippen LogP contribution in [-0.4, -0.2) is 36.7 Å². The van der Waals surface area contributed by atoms with E-state index in [0.717, 1.165) is 0 Å². The highest BCUT2D eigenvalue weighted by Crippen LogP contribution is 2.25. The number of amides is 1. The highest BCUT2D eigenvalue weighted by Gasteiger charge is 2.34. The molecule has 6 nitrogen and oxygen atoms in total. The molecular formula is C11H13FN2O4S. The lowest BCUT2D eigenvalue weighted by molar-refractivity contribution is -0.117. The van der Waals surface area contributed by atoms with Gasteiger partial charge < -0.3 is 5.11 Å². The third kappa shape index (κ3) is 3.48. The van der Waals surface area contributed by atoms with Crippen LogP contribution in [0.5, 0.6) is 0 Å². The maximum Gasteiger partial charge on any atom is 0.302 e. The molecule has 2 heterocycles. The minimum atomic E-state index is -4.59. The van der Waals surface area contributed by atoms with E-state index < -0.39 is 21.9 Å². The van der Waals surface area contributed by atoms with E-state index in [1.807, 2.05) is 0 Å². The molecule has 0 bridgehead atoms. The lowest BCUT2D eigenvalue weighted by Gasteiger charge is -2.15. The molecule has 1 atom stereocenters. The smallest absolute Gasteiger partial charge is 0.302 e. The van der Waals surface area contributed by atoms with Gasteiger partial charge in [-0.3, -0.25) is 9.69 Å². The van der Waals surface area contributed by atoms with Gasteiger partial charge in [0.2, 0.25) is 5.91 Å². The van der Waals surface area contributed by atoms with Crippen molar-refractivity contribution in [3.8, 4) is 0 Å². The molecule has 0 aromatic carbocycles. The van der Waals surface area contributed by atoms with Crippen LogP contribution in [0.25, 0.3) is 0 Å². The normalized spacial score (nSPS) is 20.0. The molecule has 0 aliphatic carbocycles. The predicted molar refractivity (Wildman–Crippen MR) is 65.5 cm³/mol. The highest BCUT2D eigenvalue weighted by atomic mass is 32.3. The van der Waals surface area contributed by atoms with Crippen molar-refractivity contribution in [2.75, 3.05) is 17.2 Å². The van der Waals surface area contributed by atoms with E-state index in [9.17, 15) is 17.1 Å². The van der Waals surface area contributed by atoms with Crippen molar-refractivity contribution in [3.05, 3.63) is 23.9 Å². The van der Waals surface area contributed by atoms with Crippen molar-refractivity contribution in [1.29, 1.82) is 0 Å². The van der Waals surface area contributed by atoms with Crippen molar-refractivity contribution >= 4 is 21.9 Å². The predicted octanol–water partition coefficient (Wildman–Crippen LogP) is 0.226. The maximum absolute atomic E-state index is 12.6. The van der Waals surface area contributed by atoms with Gasteiger partial charge >= 0.3 is 10.2 Å². The van der Waals surface area contributed by atoms with Crippen LogP contribution >= 0.6 is 0 Å². The van der Waals surface area contributed by atoms with Crippen molar-refractivity contribution in [2.45, 2.75) is 13.0 Å². The SMILES string of the molecule is O=C1CC(CS(=O)(=O)F)CN1c1cccc(CO)n1. The number of pyridine rings is 1. The van der Waals surface area contributed by atoms with E-state index in [1.54, 1.807) is 18.2 Å². The van der Waals surface area contributed by atoms with Crippen LogP contribution in [0.4, 0.5) is 9.70 Å². The second-order valence-electron chi connectivity index (χ2n) is 4.43. The van der Waals surface area contributed by atoms with Crippen LogP contribution in [0.15, 0.2) is 18.2 Å². The third-order valence-corrected chi connectivity index (χ3v) is 3.74. The number of anilines is 1. The number of aromatic nitrogens is 1. The number of aliphatic hydroxyl groups excluding tert-OH is 1. The highest BCUT2D eigenvalue weighted by molar-refractivity contribution is 7.86. The van der Waals surface area contributed by atoms with E-state index in [-0.39, 0.29) is 25.5 Å². The van der Waals surface area contributed by atoms with Gasteiger partial charge in [0.15, 0.2) is 0 Å². The number of hydrogen-bond acceptors (Lipinski definition) is 5. The van der Waals surface area contributed by atoms with Gasteiger partial charge in [0.05, 0.1) is 18.1 Å². The van der Waals surface area contributed by atoms with Crippen molar-refractivity contribution in [3.63, 3.8) is 0 Å². The first-order chi connectivity index (χ1) is 8.89. The Morgan fingerprint density at radius 1 is 1.47 bits per heavy atom. The van der Waals surface area contributed by atoms with Gasteiger partial charge in [-0.15, -0.1) is 3.89 Å². The Hall–Kier alpha value is -1.54. The minimum Gasteiger partial charge on any atom is -0.390 e. The number of nitrogens with zero attached hydrogens (tertiary/aromatic N) is 2. The first kappa shape index (κ1) is 13.9. The van der Waals surface area contributed by atoms with Crippen LogP contribution < -0.4 is 4.90 Å². The first-order valence-corrected chi connectivity index (χ1v) is 7.24. The molecule has 1 aromatic heterocycles. The number of rotatable bonds is 4. The zero-order valence-electron chi connectivity index (χ0n) is 9.99. The van der Waals surface area contributed by atoms with Crippen LogP contribution in [-0.2, 0) is 21.6 Å². The summed E-state index contributed by atoms with van der Waals surface area (Å²) in [5.74, 6) is -1.18. The maximum atomic E-state index is 12.6. The molecule has 1 amide bonds. The molecule has 1 aliphatic heterocycles. The lowest BCUT2D eigenvalue weighted by atomic mass is 10.1. The largest absolute Gasteiger partial charge is 0.390 e. The zero-order valence-corrected chi connectivity index (χ0v) is 10.8. The summed E-state index contributed by atoms with van der Waals surface area (Å²) in [5.41, 5.74) is 0.409. The summed E-state index contributed by atoms with van der Waals surface area (Å²) in [6, 6.07) is 4.83. The molecule has 1 saturated heterocycles. The third-order valence-electron chi connectivity index (χ3n) is 2.87. The Morgan fingerprint density at radius 3 is 2.84 bits per heavy atom. The fourth-order valence-corrected chi connectivity index (χ4v) is 2.89. The van der Waals surface area contributed by atoms with Crippen molar-refractivity contribution in [1.82, 2.24) is 4.98 Å². The second kappa shape index (κ2) is 5.22. The Bertz CT molecular complexity index is 590. The Labute approximate surface area is 110 Å². The van der Waals surface area contributed by atoms with Gasteiger partial charge in [0, 0.05) is 18.9 Å². The topological polar surface area (TPSA) is 87.6 Å². The number of aliphatic hydroxyl groups is 1. The summed E-state index contributed by atoms with van der Waals surface area (Å²) in [5, 5.41) is 8.98. The van der Waals surface area contributed by atoms with E-state index in [2.05, 4.69) is 4.98 Å². The van der Waals surface area contributed by atoms with Crippen molar-refractivity contribution < 1.29 is 22.2 Å². The summed E-state index contributed by atoms with van der Waals surface area (Å²) >= 11 is 0. The number of hydrogen-bond donors (Lipinski definition) is 1. The molecular weight excluding hydrogens is 275 g/mol. The number of halogens is 1. The van der Waals surface area contributed by atoms with Crippen LogP contribution in [0, 0.1) is 5.92 Å². The zero-order chi connectivity index (χ0) is 14.0. The monoisotopic (exact) mass is 288 g/mol. The van der Waals surface area contributed by atoms with Gasteiger partial charge in [-0.1, -0.05) is 6.07 Å². The van der Waals surface area contributed by atoms with Crippen LogP contribution in [0.3, 0.4) is 0 Å². The summed E-state index contributed by atoms with van der Waals surface area (Å²) in [7, 11) is -4.59. The average Bonchev–Trinajstić information content (AvgIpc) is 2.68. The molecule has 19 heavy (non-hydrogen) atoms. The molecule has 1 N–H and O–H groups in total. The summed E-state index contributed by atoms with van der Waals surface area (Å²) < 4.78 is 33.8. The standard InChI is InChI=1S/C11H13FN2O4S/c12-19(17,18)7-8-4-11(16)14(5-8)10-3-1-2-9(6-15)13-10/h1-3,8,15H,4-7H2. The van der Waals surface area contributed by atoms with Gasteiger partial charge in [0.25, 0.3) is 0 Å². The van der Waals surface area contributed by atoms with Gasteiger partial charge in [-0.2, -0.15) is 8.42 Å². The molecule has 104 valence electrons. The second-order valence-corrected chi connectivity index (χ2v) is 5.84. The van der Waals surface area contributed by atoms with Gasteiger partial charge in [0.1, 0.15) is 5.82 Å². The summed E-state index contributed by atoms with van der Waals surface area (Å²) in [6.07, 6.45) is -0.0197. The number of carbonyl (C=O) groups is 1. The molecule has 1 unspecified atom stereocenters. The molecule has 0 radical (unpaired) electrons. The van der Waals surface area contributed by atoms with Crippen LogP contribution in [0.2, 0.25) is 0 Å². The molecule has 1 fully saturated rings. The molecule has 1 aliphatic rings. The molecule has 0 saturated carbocycles. The van der Waals surface area contributed by atoms with E-state index >= 15 is 0 Å². The molecule has 0 spiro atoms. The van der Waals surface area contributed by atoms with E-state index in [0.29, 0.717) is 11.5 Å². The molecule has 2 rings (SSSR count). The summed E-state index contributed by atoms with van der Waals surface area (Å²) in [6.45, 7) is -0.137. The Balaban J connectivity index is 2.15. The molecule has 8 heteroatoms. The van der Waals surface area contributed by atoms with E-state index in [4.69, 9.17) is 5.11 Å². The Kier molecular flexibility index (Phi) is 3.81. The summed E-state index contributed by atoms with van der Waals surface area (Å²) in [4.78, 5) is 17.2. The van der Waals surface area contributed by atoms with Crippen molar-refractivity contribution in [2.24, 2.45) is 5.92 Å². The fourth-order valence-electron chi connectivity index (χ4n) is 2.10. The first-order valence-electron chi connectivity index (χ1n) is 5.68. The molecule has 1 aromatic rings. The fraction of sp³-hybridized carbons (Fsp3) is 0.455. The minimum absolute atomic E-state index is 0.0197. The Morgan fingerprint density at radius 2 is 2.21 bits per heavy atom. The lowest BCUT2D eigenvalue weighted by Crippen LogP contribution is -2.26. The quantitative estimate of drug-likeness (QED) is 0.801. The number of carbonyl (C=O) groups excluding carboxylic acids is 1. The van der Waals surface area contributed by atoms with Gasteiger partial charge in [-0.05, 0) is 12.1 Å². The average molecular weight is 288 g/mol. The van der Waals surface area contributed by atoms with Crippen LogP contribution in [0.1, 0.15) is 12.1 Å². The van der Waals surface area contributed by atoms with E-state index in [1.165, 1.54) is 4.90 Å². The van der Waals surface area contributed by atoms with Gasteiger partial charge in [-0.25, -0.2) is 4.98 Å².